The van der Waals surface area contributed by atoms with Crippen LogP contribution in [0.4, 0.5) is 0 Å². The van der Waals surface area contributed by atoms with Crippen molar-refractivity contribution < 1.29 is 17.9 Å². The maximum absolute atomic E-state index is 11.7. The highest BCUT2D eigenvalue weighted by atomic mass is 35.5. The van der Waals surface area contributed by atoms with Gasteiger partial charge in [-0.05, 0) is 30.3 Å². The van der Waals surface area contributed by atoms with Crippen molar-refractivity contribution in [1.82, 2.24) is 4.72 Å². The van der Waals surface area contributed by atoms with E-state index in [1.807, 2.05) is 4.72 Å². The zero-order chi connectivity index (χ0) is 16.3. The van der Waals surface area contributed by atoms with E-state index < -0.39 is 15.9 Å². The Bertz CT molecular complexity index is 821. The zero-order valence-corrected chi connectivity index (χ0v) is 13.7. The number of carbonyl (C=O) groups excluding carboxylic acids is 1. The van der Waals surface area contributed by atoms with Crippen LogP contribution in [0.2, 0.25) is 10.0 Å². The molecule has 2 aromatic carbocycles. The van der Waals surface area contributed by atoms with Gasteiger partial charge >= 0.3 is 0 Å². The Labute approximate surface area is 137 Å². The van der Waals surface area contributed by atoms with Gasteiger partial charge in [-0.25, -0.2) is 13.1 Å². The third-order valence-electron chi connectivity index (χ3n) is 2.53. The van der Waals surface area contributed by atoms with Crippen molar-refractivity contribution in [3.05, 3.63) is 58.1 Å². The maximum atomic E-state index is 11.7. The highest BCUT2D eigenvalue weighted by Gasteiger charge is 2.14. The lowest BCUT2D eigenvalue weighted by Gasteiger charge is -2.10. The minimum Gasteiger partial charge on any atom is -0.454 e. The summed E-state index contributed by atoms with van der Waals surface area (Å²) in [6.07, 6.45) is 0.890. The van der Waals surface area contributed by atoms with E-state index in [0.717, 1.165) is 6.26 Å². The van der Waals surface area contributed by atoms with Crippen molar-refractivity contribution in [2.45, 2.75) is 0 Å². The first-order chi connectivity index (χ1) is 10.3. The van der Waals surface area contributed by atoms with Gasteiger partial charge in [0, 0.05) is 5.56 Å². The van der Waals surface area contributed by atoms with E-state index in [1.165, 1.54) is 18.2 Å². The molecule has 8 heteroatoms. The maximum Gasteiger partial charge on any atom is 0.264 e. The molecule has 0 fully saturated rings. The molecule has 0 saturated heterocycles. The molecule has 2 aromatic rings. The van der Waals surface area contributed by atoms with Crippen molar-refractivity contribution in [2.24, 2.45) is 0 Å². The van der Waals surface area contributed by atoms with Gasteiger partial charge in [-0.1, -0.05) is 35.3 Å². The average Bonchev–Trinajstić information content (AvgIpc) is 2.41. The minimum absolute atomic E-state index is 0.0990. The molecule has 0 heterocycles. The number of benzene rings is 2. The number of hydrogen-bond donors (Lipinski definition) is 1. The van der Waals surface area contributed by atoms with Crippen LogP contribution in [-0.4, -0.2) is 20.6 Å². The summed E-state index contributed by atoms with van der Waals surface area (Å²) in [5.41, 5.74) is 0.0990. The van der Waals surface area contributed by atoms with Crippen LogP contribution in [0.1, 0.15) is 10.4 Å². The fraction of sp³-hybridized carbons (Fsp3) is 0.0714. The minimum atomic E-state index is -3.64. The standard InChI is InChI=1S/C14H11Cl2NO4S/c1-22(19,20)17-14(18)9-6-7-13(11(16)8-9)21-12-5-3-2-4-10(12)15/h2-8H,1H3,(H,17,18). The van der Waals surface area contributed by atoms with E-state index in [-0.39, 0.29) is 10.6 Å². The summed E-state index contributed by atoms with van der Waals surface area (Å²) < 4.78 is 29.5. The average molecular weight is 360 g/mol. The normalized spacial score (nSPS) is 11.0. The topological polar surface area (TPSA) is 72.5 Å². The summed E-state index contributed by atoms with van der Waals surface area (Å²) >= 11 is 12.0. The largest absolute Gasteiger partial charge is 0.454 e. The number of ether oxygens (including phenoxy) is 1. The summed E-state index contributed by atoms with van der Waals surface area (Å²) in [6, 6.07) is 11.0. The highest BCUT2D eigenvalue weighted by Crippen LogP contribution is 2.33. The number of nitrogens with one attached hydrogen (secondary N) is 1. The molecule has 0 bridgehead atoms. The highest BCUT2D eigenvalue weighted by molar-refractivity contribution is 7.89. The summed E-state index contributed by atoms with van der Waals surface area (Å²) in [6.45, 7) is 0. The van der Waals surface area contributed by atoms with Crippen LogP contribution < -0.4 is 9.46 Å². The third kappa shape index (κ3) is 4.37. The molecule has 0 spiro atoms. The molecule has 0 atom stereocenters. The number of amides is 1. The summed E-state index contributed by atoms with van der Waals surface area (Å²) in [5.74, 6) is -0.0567. The molecule has 2 rings (SSSR count). The number of para-hydroxylation sites is 1. The Hall–Kier alpha value is -1.76. The molecule has 1 N–H and O–H groups in total. The van der Waals surface area contributed by atoms with Gasteiger partial charge in [-0.3, -0.25) is 4.79 Å². The Morgan fingerprint density at radius 3 is 2.27 bits per heavy atom. The molecule has 0 aliphatic rings. The summed E-state index contributed by atoms with van der Waals surface area (Å²) in [5, 5.41) is 0.568. The second-order valence-corrected chi connectivity index (χ2v) is 6.94. The van der Waals surface area contributed by atoms with Crippen molar-refractivity contribution in [3.63, 3.8) is 0 Å². The Morgan fingerprint density at radius 1 is 1.05 bits per heavy atom. The van der Waals surface area contributed by atoms with Crippen molar-refractivity contribution in [2.75, 3.05) is 6.26 Å². The first kappa shape index (κ1) is 16.6. The van der Waals surface area contributed by atoms with Gasteiger partial charge in [0.2, 0.25) is 10.0 Å². The molecule has 5 nitrogen and oxygen atoms in total. The molecule has 0 aliphatic carbocycles. The van der Waals surface area contributed by atoms with Crippen LogP contribution in [0.25, 0.3) is 0 Å². The number of rotatable bonds is 4. The predicted molar refractivity (Wildman–Crippen MR) is 85.3 cm³/mol. The van der Waals surface area contributed by atoms with Crippen molar-refractivity contribution >= 4 is 39.1 Å². The van der Waals surface area contributed by atoms with Crippen LogP contribution in [0.5, 0.6) is 11.5 Å². The predicted octanol–water partition coefficient (Wildman–Crippen LogP) is 3.48. The van der Waals surface area contributed by atoms with Crippen LogP contribution in [0.3, 0.4) is 0 Å². The Kier molecular flexibility index (Phi) is 4.95. The van der Waals surface area contributed by atoms with Gasteiger partial charge < -0.3 is 4.74 Å². The molecule has 116 valence electrons. The van der Waals surface area contributed by atoms with Gasteiger partial charge in [0.1, 0.15) is 11.5 Å². The van der Waals surface area contributed by atoms with Crippen LogP contribution >= 0.6 is 23.2 Å². The van der Waals surface area contributed by atoms with Crippen molar-refractivity contribution in [3.8, 4) is 11.5 Å². The zero-order valence-electron chi connectivity index (χ0n) is 11.3. The number of halogens is 2. The van der Waals surface area contributed by atoms with Gasteiger partial charge in [0.15, 0.2) is 0 Å². The molecule has 0 radical (unpaired) electrons. The molecule has 0 aromatic heterocycles. The van der Waals surface area contributed by atoms with E-state index >= 15 is 0 Å². The van der Waals surface area contributed by atoms with Crippen molar-refractivity contribution in [1.29, 1.82) is 0 Å². The number of hydrogen-bond acceptors (Lipinski definition) is 4. The lowest BCUT2D eigenvalue weighted by atomic mass is 10.2. The van der Waals surface area contributed by atoms with Gasteiger partial charge in [-0.15, -0.1) is 0 Å². The summed E-state index contributed by atoms with van der Waals surface area (Å²) in [4.78, 5) is 11.7. The van der Waals surface area contributed by atoms with E-state index in [1.54, 1.807) is 24.3 Å². The van der Waals surface area contributed by atoms with Crippen LogP contribution in [-0.2, 0) is 10.0 Å². The monoisotopic (exact) mass is 359 g/mol. The lowest BCUT2D eigenvalue weighted by molar-refractivity contribution is 0.0981. The van der Waals surface area contributed by atoms with E-state index in [0.29, 0.717) is 16.5 Å². The second-order valence-electron chi connectivity index (χ2n) is 4.38. The van der Waals surface area contributed by atoms with Gasteiger partial charge in [-0.2, -0.15) is 0 Å². The summed E-state index contributed by atoms with van der Waals surface area (Å²) in [7, 11) is -3.64. The molecule has 0 aliphatic heterocycles. The number of sulfonamides is 1. The SMILES string of the molecule is CS(=O)(=O)NC(=O)c1ccc(Oc2ccccc2Cl)c(Cl)c1. The Morgan fingerprint density at radius 2 is 1.68 bits per heavy atom. The van der Waals surface area contributed by atoms with Gasteiger partial charge in [0.25, 0.3) is 5.91 Å². The lowest BCUT2D eigenvalue weighted by Crippen LogP contribution is -2.29. The number of carbonyl (C=O) groups is 1. The molecule has 0 unspecified atom stereocenters. The Balaban J connectivity index is 2.24. The molecule has 22 heavy (non-hydrogen) atoms. The molecule has 1 amide bonds. The van der Waals surface area contributed by atoms with E-state index in [4.69, 9.17) is 27.9 Å². The molecular formula is C14H11Cl2NO4S. The quantitative estimate of drug-likeness (QED) is 0.906. The van der Waals surface area contributed by atoms with E-state index in [9.17, 15) is 13.2 Å². The third-order valence-corrected chi connectivity index (χ3v) is 3.69. The smallest absolute Gasteiger partial charge is 0.264 e. The molecule has 0 saturated carbocycles. The van der Waals surface area contributed by atoms with Gasteiger partial charge in [0.05, 0.1) is 16.3 Å². The first-order valence-corrected chi connectivity index (χ1v) is 8.65. The van der Waals surface area contributed by atoms with Crippen LogP contribution in [0.15, 0.2) is 42.5 Å². The second kappa shape index (κ2) is 6.56. The van der Waals surface area contributed by atoms with Crippen LogP contribution in [0, 0.1) is 0 Å². The fourth-order valence-corrected chi connectivity index (χ4v) is 2.45. The first-order valence-electron chi connectivity index (χ1n) is 6.00. The fourth-order valence-electron chi connectivity index (χ4n) is 1.60. The molecular weight excluding hydrogens is 349 g/mol. The van der Waals surface area contributed by atoms with E-state index in [2.05, 4.69) is 0 Å².